The summed E-state index contributed by atoms with van der Waals surface area (Å²) in [6.07, 6.45) is 3.14. The Morgan fingerprint density at radius 1 is 0.958 bits per heavy atom. The SMILES string of the molecule is COC(=O)C(=O)C1=CC=C(c2ccc(OC)cc2)S[C@H]1C(=O)OC. The molecule has 1 aromatic carbocycles. The van der Waals surface area contributed by atoms with Crippen molar-refractivity contribution in [1.82, 2.24) is 0 Å². The average molecular weight is 348 g/mol. The summed E-state index contributed by atoms with van der Waals surface area (Å²) in [7, 11) is 3.92. The summed E-state index contributed by atoms with van der Waals surface area (Å²) in [5.41, 5.74) is 0.895. The first-order valence-corrected chi connectivity index (χ1v) is 7.83. The van der Waals surface area contributed by atoms with Crippen molar-refractivity contribution in [3.8, 4) is 5.75 Å². The van der Waals surface area contributed by atoms with Crippen LogP contribution in [0.2, 0.25) is 0 Å². The molecule has 0 aliphatic carbocycles. The molecule has 0 spiro atoms. The van der Waals surface area contributed by atoms with E-state index in [9.17, 15) is 14.4 Å². The zero-order chi connectivity index (χ0) is 17.7. The summed E-state index contributed by atoms with van der Waals surface area (Å²) in [6, 6.07) is 7.27. The molecule has 24 heavy (non-hydrogen) atoms. The lowest BCUT2D eigenvalue weighted by Gasteiger charge is -2.21. The van der Waals surface area contributed by atoms with E-state index in [-0.39, 0.29) is 5.57 Å². The fourth-order valence-electron chi connectivity index (χ4n) is 2.09. The number of carbonyl (C=O) groups is 3. The van der Waals surface area contributed by atoms with Gasteiger partial charge >= 0.3 is 11.9 Å². The predicted octanol–water partition coefficient (Wildman–Crippen LogP) is 1.99. The van der Waals surface area contributed by atoms with Crippen LogP contribution >= 0.6 is 11.8 Å². The smallest absolute Gasteiger partial charge is 0.379 e. The highest BCUT2D eigenvalue weighted by Gasteiger charge is 2.35. The topological polar surface area (TPSA) is 78.9 Å². The highest BCUT2D eigenvalue weighted by molar-refractivity contribution is 8.09. The van der Waals surface area contributed by atoms with Crippen LogP contribution in [0.1, 0.15) is 5.56 Å². The minimum absolute atomic E-state index is 0.0379. The van der Waals surface area contributed by atoms with Crippen LogP contribution in [0.4, 0.5) is 0 Å². The van der Waals surface area contributed by atoms with Gasteiger partial charge in [-0.2, -0.15) is 0 Å². The summed E-state index contributed by atoms with van der Waals surface area (Å²) in [5, 5.41) is -0.927. The molecule has 0 fully saturated rings. The minimum atomic E-state index is -1.02. The highest BCUT2D eigenvalue weighted by atomic mass is 32.2. The van der Waals surface area contributed by atoms with E-state index in [0.29, 0.717) is 5.75 Å². The Hall–Kier alpha value is -2.54. The van der Waals surface area contributed by atoms with Gasteiger partial charge < -0.3 is 14.2 Å². The fourth-order valence-corrected chi connectivity index (χ4v) is 3.27. The lowest BCUT2D eigenvalue weighted by atomic mass is 10.1. The maximum atomic E-state index is 12.1. The maximum Gasteiger partial charge on any atom is 0.379 e. The lowest BCUT2D eigenvalue weighted by molar-refractivity contribution is -0.150. The zero-order valence-corrected chi connectivity index (χ0v) is 14.2. The molecule has 6 nitrogen and oxygen atoms in total. The number of carbonyl (C=O) groups excluding carboxylic acids is 3. The normalized spacial score (nSPS) is 16.5. The molecule has 0 radical (unpaired) electrons. The van der Waals surface area contributed by atoms with Crippen LogP contribution in [0, 0.1) is 0 Å². The van der Waals surface area contributed by atoms with Gasteiger partial charge in [0.15, 0.2) is 0 Å². The first-order chi connectivity index (χ1) is 11.5. The van der Waals surface area contributed by atoms with E-state index in [1.807, 2.05) is 12.1 Å². The number of allylic oxidation sites excluding steroid dienone is 2. The number of methoxy groups -OCH3 is 3. The Kier molecular flexibility index (Phi) is 5.81. The number of hydrogen-bond donors (Lipinski definition) is 0. The number of benzene rings is 1. The molecule has 0 saturated heterocycles. The Morgan fingerprint density at radius 3 is 2.17 bits per heavy atom. The average Bonchev–Trinajstić information content (AvgIpc) is 2.65. The third kappa shape index (κ3) is 3.68. The summed E-state index contributed by atoms with van der Waals surface area (Å²) in [4.78, 5) is 36.4. The molecule has 0 saturated carbocycles. The van der Waals surface area contributed by atoms with E-state index in [1.54, 1.807) is 25.3 Å². The number of esters is 2. The molecule has 1 atom stereocenters. The maximum absolute atomic E-state index is 12.1. The van der Waals surface area contributed by atoms with Gasteiger partial charge in [-0.15, -0.1) is 11.8 Å². The molecule has 0 aromatic heterocycles. The molecule has 7 heteroatoms. The van der Waals surface area contributed by atoms with Gasteiger partial charge in [0, 0.05) is 10.5 Å². The lowest BCUT2D eigenvalue weighted by Crippen LogP contribution is -2.31. The molecule has 0 unspecified atom stereocenters. The molecule has 1 aromatic rings. The van der Waals surface area contributed by atoms with Gasteiger partial charge in [-0.05, 0) is 23.8 Å². The monoisotopic (exact) mass is 348 g/mol. The van der Waals surface area contributed by atoms with Crippen LogP contribution in [0.3, 0.4) is 0 Å². The summed E-state index contributed by atoms with van der Waals surface area (Å²) in [6.45, 7) is 0. The third-order valence-electron chi connectivity index (χ3n) is 3.36. The van der Waals surface area contributed by atoms with Crippen LogP contribution in [0.25, 0.3) is 4.91 Å². The fraction of sp³-hybridized carbons (Fsp3) is 0.235. The first-order valence-electron chi connectivity index (χ1n) is 6.95. The number of ether oxygens (including phenoxy) is 3. The van der Waals surface area contributed by atoms with Gasteiger partial charge in [-0.25, -0.2) is 4.79 Å². The van der Waals surface area contributed by atoms with E-state index >= 15 is 0 Å². The molecule has 2 rings (SSSR count). The van der Waals surface area contributed by atoms with Crippen molar-refractivity contribution in [3.05, 3.63) is 47.6 Å². The van der Waals surface area contributed by atoms with Gasteiger partial charge in [0.1, 0.15) is 11.0 Å². The van der Waals surface area contributed by atoms with Crippen molar-refractivity contribution in [1.29, 1.82) is 0 Å². The van der Waals surface area contributed by atoms with E-state index in [0.717, 1.165) is 29.3 Å². The summed E-state index contributed by atoms with van der Waals surface area (Å²) >= 11 is 1.14. The Morgan fingerprint density at radius 2 is 1.62 bits per heavy atom. The van der Waals surface area contributed by atoms with Crippen molar-refractivity contribution in [2.45, 2.75) is 5.25 Å². The number of thioether (sulfide) groups is 1. The Balaban J connectivity index is 2.37. The second-order valence-corrected chi connectivity index (χ2v) is 5.87. The van der Waals surface area contributed by atoms with Crippen LogP contribution < -0.4 is 4.74 Å². The van der Waals surface area contributed by atoms with Gasteiger partial charge in [-0.3, -0.25) is 9.59 Å². The Bertz CT molecular complexity index is 717. The second-order valence-electron chi connectivity index (χ2n) is 4.72. The summed E-state index contributed by atoms with van der Waals surface area (Å²) in [5.74, 6) is -1.77. The zero-order valence-electron chi connectivity index (χ0n) is 13.4. The van der Waals surface area contributed by atoms with Crippen LogP contribution in [-0.4, -0.2) is 44.3 Å². The van der Waals surface area contributed by atoms with Crippen LogP contribution in [-0.2, 0) is 23.9 Å². The minimum Gasteiger partial charge on any atom is -0.497 e. The number of rotatable bonds is 5. The van der Waals surface area contributed by atoms with Crippen LogP contribution in [0.15, 0.2) is 42.0 Å². The van der Waals surface area contributed by atoms with E-state index < -0.39 is 23.0 Å². The van der Waals surface area contributed by atoms with Gasteiger partial charge in [0.05, 0.1) is 21.3 Å². The number of Topliss-reactive ketones (excluding diaryl/α,β-unsaturated/α-hetero) is 1. The molecule has 0 N–H and O–H groups in total. The van der Waals surface area contributed by atoms with Crippen molar-refractivity contribution in [2.24, 2.45) is 0 Å². The molecule has 1 aliphatic rings. The van der Waals surface area contributed by atoms with E-state index in [1.165, 1.54) is 13.2 Å². The summed E-state index contributed by atoms with van der Waals surface area (Å²) < 4.78 is 14.3. The predicted molar refractivity (Wildman–Crippen MR) is 89.5 cm³/mol. The number of hydrogen-bond acceptors (Lipinski definition) is 7. The largest absolute Gasteiger partial charge is 0.497 e. The molecule has 1 heterocycles. The Labute approximate surface area is 143 Å². The van der Waals surface area contributed by atoms with E-state index in [2.05, 4.69) is 4.74 Å². The van der Waals surface area contributed by atoms with Gasteiger partial charge in [0.2, 0.25) is 0 Å². The van der Waals surface area contributed by atoms with Crippen LogP contribution in [0.5, 0.6) is 5.75 Å². The van der Waals surface area contributed by atoms with Gasteiger partial charge in [0.25, 0.3) is 5.78 Å². The second kappa shape index (κ2) is 7.83. The van der Waals surface area contributed by atoms with Crippen molar-refractivity contribution >= 4 is 34.4 Å². The van der Waals surface area contributed by atoms with Crippen molar-refractivity contribution in [3.63, 3.8) is 0 Å². The van der Waals surface area contributed by atoms with Crippen molar-refractivity contribution in [2.75, 3.05) is 21.3 Å². The molecule has 0 bridgehead atoms. The molecular weight excluding hydrogens is 332 g/mol. The molecule has 1 aliphatic heterocycles. The number of ketones is 1. The van der Waals surface area contributed by atoms with E-state index in [4.69, 9.17) is 9.47 Å². The van der Waals surface area contributed by atoms with Gasteiger partial charge in [-0.1, -0.05) is 18.2 Å². The third-order valence-corrected chi connectivity index (χ3v) is 4.67. The first kappa shape index (κ1) is 17.8. The quantitative estimate of drug-likeness (QED) is 0.595. The molecule has 0 amide bonds. The van der Waals surface area contributed by atoms with Crippen molar-refractivity contribution < 1.29 is 28.6 Å². The molecular formula is C17H16O6S. The standard InChI is InChI=1S/C17H16O6S/c1-21-11-6-4-10(5-7-11)13-9-8-12(14(18)16(19)22-2)15(24-13)17(20)23-3/h4-9,15H,1-3H3/t15-/m1/s1. The molecule has 126 valence electrons. The highest BCUT2D eigenvalue weighted by Crippen LogP contribution is 2.39.